The number of halogens is 2. The van der Waals surface area contributed by atoms with Gasteiger partial charge in [0.2, 0.25) is 10.0 Å². The predicted molar refractivity (Wildman–Crippen MR) is 110 cm³/mol. The average Bonchev–Trinajstić information content (AvgIpc) is 2.69. The molecule has 0 bridgehead atoms. The van der Waals surface area contributed by atoms with Crippen LogP contribution >= 0.6 is 11.6 Å². The number of amides is 1. The van der Waals surface area contributed by atoms with Crippen molar-refractivity contribution >= 4 is 33.2 Å². The topological polar surface area (TPSA) is 75.7 Å². The van der Waals surface area contributed by atoms with E-state index in [1.807, 2.05) is 0 Å². The monoisotopic (exact) mass is 440 g/mol. The van der Waals surface area contributed by atoms with Crippen molar-refractivity contribution in [2.75, 3.05) is 25.0 Å². The quantitative estimate of drug-likeness (QED) is 0.726. The summed E-state index contributed by atoms with van der Waals surface area (Å²) in [7, 11) is -3.77. The van der Waals surface area contributed by atoms with Gasteiger partial charge in [-0.2, -0.15) is 4.31 Å². The van der Waals surface area contributed by atoms with Gasteiger partial charge in [0.1, 0.15) is 16.5 Å². The molecule has 1 fully saturated rings. The van der Waals surface area contributed by atoms with Crippen LogP contribution in [0.4, 0.5) is 10.1 Å². The zero-order chi connectivity index (χ0) is 21.0. The van der Waals surface area contributed by atoms with Crippen molar-refractivity contribution in [3.8, 4) is 5.75 Å². The summed E-state index contributed by atoms with van der Waals surface area (Å²) in [4.78, 5) is 12.5. The fourth-order valence-electron chi connectivity index (χ4n) is 3.18. The van der Waals surface area contributed by atoms with Crippen molar-refractivity contribution < 1.29 is 22.3 Å². The largest absolute Gasteiger partial charge is 0.492 e. The Morgan fingerprint density at radius 2 is 1.90 bits per heavy atom. The lowest BCUT2D eigenvalue weighted by atomic mass is 10.2. The Kier molecular flexibility index (Phi) is 6.77. The van der Waals surface area contributed by atoms with Crippen LogP contribution in [0.25, 0.3) is 0 Å². The summed E-state index contributed by atoms with van der Waals surface area (Å²) in [5, 5.41) is 2.59. The lowest BCUT2D eigenvalue weighted by molar-refractivity contribution is 0.102. The van der Waals surface area contributed by atoms with E-state index in [9.17, 15) is 17.6 Å². The molecule has 0 unspecified atom stereocenters. The number of rotatable bonds is 6. The lowest BCUT2D eigenvalue weighted by Crippen LogP contribution is -2.35. The fourth-order valence-corrected chi connectivity index (χ4v) is 5.11. The van der Waals surface area contributed by atoms with Gasteiger partial charge in [0.05, 0.1) is 17.2 Å². The molecule has 1 saturated heterocycles. The highest BCUT2D eigenvalue weighted by molar-refractivity contribution is 7.89. The summed E-state index contributed by atoms with van der Waals surface area (Å²) in [5.74, 6) is -0.890. The van der Waals surface area contributed by atoms with Crippen molar-refractivity contribution in [1.82, 2.24) is 4.31 Å². The van der Waals surface area contributed by atoms with E-state index in [1.54, 1.807) is 13.0 Å². The van der Waals surface area contributed by atoms with Crippen LogP contribution in [0.5, 0.6) is 5.75 Å². The number of hydrogen-bond acceptors (Lipinski definition) is 4. The highest BCUT2D eigenvalue weighted by atomic mass is 35.5. The molecule has 1 aliphatic rings. The SMILES string of the molecule is CCOc1ccc(NC(=O)c2ccc(F)cc2Cl)cc1S(=O)(=O)N1CCCCC1. The highest BCUT2D eigenvalue weighted by Gasteiger charge is 2.29. The molecule has 6 nitrogen and oxygen atoms in total. The van der Waals surface area contributed by atoms with Gasteiger partial charge in [-0.3, -0.25) is 4.79 Å². The third kappa shape index (κ3) is 4.88. The summed E-state index contributed by atoms with van der Waals surface area (Å²) in [6.45, 7) is 2.98. The van der Waals surface area contributed by atoms with Gasteiger partial charge in [-0.1, -0.05) is 18.0 Å². The van der Waals surface area contributed by atoms with Crippen LogP contribution in [0.1, 0.15) is 36.5 Å². The van der Waals surface area contributed by atoms with Crippen LogP contribution in [0.15, 0.2) is 41.3 Å². The second kappa shape index (κ2) is 9.11. The molecular formula is C20H22ClFN2O4S. The minimum Gasteiger partial charge on any atom is -0.492 e. The summed E-state index contributed by atoms with van der Waals surface area (Å²) >= 11 is 5.94. The van der Waals surface area contributed by atoms with Gasteiger partial charge in [0, 0.05) is 18.8 Å². The second-order valence-electron chi connectivity index (χ2n) is 6.64. The number of benzene rings is 2. The molecule has 1 aliphatic heterocycles. The van der Waals surface area contributed by atoms with Crippen LogP contribution in [-0.2, 0) is 10.0 Å². The molecule has 1 amide bonds. The number of piperidine rings is 1. The molecule has 0 spiro atoms. The van der Waals surface area contributed by atoms with Gasteiger partial charge in [-0.05, 0) is 56.2 Å². The van der Waals surface area contributed by atoms with Crippen LogP contribution in [-0.4, -0.2) is 38.3 Å². The molecule has 2 aromatic rings. The molecule has 0 atom stereocenters. The Balaban J connectivity index is 1.93. The van der Waals surface area contributed by atoms with E-state index in [4.69, 9.17) is 16.3 Å². The number of nitrogens with one attached hydrogen (secondary N) is 1. The Morgan fingerprint density at radius 3 is 2.55 bits per heavy atom. The van der Waals surface area contributed by atoms with Crippen LogP contribution in [0.3, 0.4) is 0 Å². The van der Waals surface area contributed by atoms with Gasteiger partial charge in [-0.25, -0.2) is 12.8 Å². The van der Waals surface area contributed by atoms with Crippen molar-refractivity contribution in [2.45, 2.75) is 31.1 Å². The van der Waals surface area contributed by atoms with E-state index in [0.717, 1.165) is 31.4 Å². The summed E-state index contributed by atoms with van der Waals surface area (Å²) in [6, 6.07) is 7.89. The van der Waals surface area contributed by atoms with Crippen molar-refractivity contribution in [3.63, 3.8) is 0 Å². The predicted octanol–water partition coefficient (Wildman–Crippen LogP) is 4.30. The molecule has 9 heteroatoms. The number of carbonyl (C=O) groups is 1. The Bertz CT molecular complexity index is 1010. The summed E-state index contributed by atoms with van der Waals surface area (Å²) in [5.41, 5.74) is 0.358. The number of carbonyl (C=O) groups excluding carboxylic acids is 1. The molecule has 0 aliphatic carbocycles. The van der Waals surface area contributed by atoms with Gasteiger partial charge >= 0.3 is 0 Å². The van der Waals surface area contributed by atoms with E-state index >= 15 is 0 Å². The highest BCUT2D eigenvalue weighted by Crippen LogP contribution is 2.32. The number of ether oxygens (including phenoxy) is 1. The fraction of sp³-hybridized carbons (Fsp3) is 0.350. The maximum atomic E-state index is 13.2. The molecule has 29 heavy (non-hydrogen) atoms. The minimum atomic E-state index is -3.77. The Hall–Kier alpha value is -2.16. The molecule has 1 N–H and O–H groups in total. The first-order valence-electron chi connectivity index (χ1n) is 9.36. The molecule has 0 saturated carbocycles. The molecule has 0 radical (unpaired) electrons. The summed E-state index contributed by atoms with van der Waals surface area (Å²) in [6.07, 6.45) is 2.62. The zero-order valence-corrected chi connectivity index (χ0v) is 17.5. The molecule has 3 rings (SSSR count). The summed E-state index contributed by atoms with van der Waals surface area (Å²) < 4.78 is 46.5. The van der Waals surface area contributed by atoms with Gasteiger partial charge in [-0.15, -0.1) is 0 Å². The van der Waals surface area contributed by atoms with Crippen molar-refractivity contribution in [2.24, 2.45) is 0 Å². The van der Waals surface area contributed by atoms with Gasteiger partial charge < -0.3 is 10.1 Å². The maximum absolute atomic E-state index is 13.2. The third-order valence-electron chi connectivity index (χ3n) is 4.61. The van der Waals surface area contributed by atoms with Crippen LogP contribution < -0.4 is 10.1 Å². The Labute approximate surface area is 174 Å². The first kappa shape index (κ1) is 21.5. The molecule has 1 heterocycles. The molecule has 2 aromatic carbocycles. The number of anilines is 1. The first-order chi connectivity index (χ1) is 13.8. The number of sulfonamides is 1. The second-order valence-corrected chi connectivity index (χ2v) is 8.95. The zero-order valence-electron chi connectivity index (χ0n) is 16.0. The van der Waals surface area contributed by atoms with E-state index in [0.29, 0.717) is 19.7 Å². The third-order valence-corrected chi connectivity index (χ3v) is 6.84. The van der Waals surface area contributed by atoms with Crippen molar-refractivity contribution in [1.29, 1.82) is 0 Å². The van der Waals surface area contributed by atoms with E-state index in [2.05, 4.69) is 5.32 Å². The number of nitrogens with zero attached hydrogens (tertiary/aromatic N) is 1. The molecule has 156 valence electrons. The van der Waals surface area contributed by atoms with E-state index < -0.39 is 21.7 Å². The smallest absolute Gasteiger partial charge is 0.257 e. The van der Waals surface area contributed by atoms with Crippen LogP contribution in [0.2, 0.25) is 5.02 Å². The normalized spacial score (nSPS) is 15.1. The molecule has 0 aromatic heterocycles. The average molecular weight is 441 g/mol. The van der Waals surface area contributed by atoms with Gasteiger partial charge in [0.25, 0.3) is 5.91 Å². The lowest BCUT2D eigenvalue weighted by Gasteiger charge is -2.27. The van der Waals surface area contributed by atoms with Crippen LogP contribution in [0, 0.1) is 5.82 Å². The first-order valence-corrected chi connectivity index (χ1v) is 11.2. The Morgan fingerprint density at radius 1 is 1.17 bits per heavy atom. The standard InChI is InChI=1S/C20H22ClFN2O4S/c1-2-28-18-9-7-15(23-20(25)16-8-6-14(22)12-17(16)21)13-19(18)29(26,27)24-10-4-3-5-11-24/h6-9,12-13H,2-5,10-11H2,1H3,(H,23,25). The van der Waals surface area contributed by atoms with E-state index in [1.165, 1.54) is 22.5 Å². The van der Waals surface area contributed by atoms with Crippen molar-refractivity contribution in [3.05, 3.63) is 52.8 Å². The van der Waals surface area contributed by atoms with E-state index in [-0.39, 0.29) is 26.9 Å². The number of hydrogen-bond donors (Lipinski definition) is 1. The van der Waals surface area contributed by atoms with Gasteiger partial charge in [0.15, 0.2) is 0 Å². The minimum absolute atomic E-state index is 0.00394. The molecular weight excluding hydrogens is 419 g/mol. The maximum Gasteiger partial charge on any atom is 0.257 e.